The zero-order chi connectivity index (χ0) is 15.0. The summed E-state index contributed by atoms with van der Waals surface area (Å²) in [5, 5.41) is 3.00. The second-order valence-corrected chi connectivity index (χ2v) is 4.57. The summed E-state index contributed by atoms with van der Waals surface area (Å²) in [5.41, 5.74) is 13.2. The van der Waals surface area contributed by atoms with Crippen molar-refractivity contribution in [3.8, 4) is 11.3 Å². The van der Waals surface area contributed by atoms with E-state index >= 15 is 0 Å². The molecule has 2 heterocycles. The summed E-state index contributed by atoms with van der Waals surface area (Å²) in [7, 11) is 0. The summed E-state index contributed by atoms with van der Waals surface area (Å²) in [5.74, 6) is -0.439. The SMILES string of the molecule is NC(=O)Nc1[nH]c2cc(-c3ccc[nH]3)ccc2c1C(N)=O. The molecule has 7 N–H and O–H groups in total. The second kappa shape index (κ2) is 4.71. The van der Waals surface area contributed by atoms with Crippen LogP contribution in [0.1, 0.15) is 10.4 Å². The molecule has 0 bridgehead atoms. The van der Waals surface area contributed by atoms with Crippen molar-refractivity contribution in [3.05, 3.63) is 42.1 Å². The predicted molar refractivity (Wildman–Crippen MR) is 79.8 cm³/mol. The van der Waals surface area contributed by atoms with Gasteiger partial charge in [0, 0.05) is 28.4 Å². The molecule has 0 atom stereocenters. The van der Waals surface area contributed by atoms with E-state index in [0.717, 1.165) is 11.3 Å². The van der Waals surface area contributed by atoms with Crippen LogP contribution in [0.3, 0.4) is 0 Å². The number of anilines is 1. The molecule has 7 nitrogen and oxygen atoms in total. The van der Waals surface area contributed by atoms with E-state index < -0.39 is 11.9 Å². The molecule has 0 aliphatic carbocycles. The number of aromatic nitrogens is 2. The quantitative estimate of drug-likeness (QED) is 0.501. The molecular weight excluding hydrogens is 270 g/mol. The molecule has 3 amide bonds. The van der Waals surface area contributed by atoms with E-state index in [1.165, 1.54) is 0 Å². The van der Waals surface area contributed by atoms with E-state index in [-0.39, 0.29) is 11.4 Å². The van der Waals surface area contributed by atoms with Crippen molar-refractivity contribution >= 4 is 28.7 Å². The van der Waals surface area contributed by atoms with Crippen molar-refractivity contribution in [2.24, 2.45) is 11.5 Å². The number of H-pyrrole nitrogens is 2. The first kappa shape index (κ1) is 12.8. The monoisotopic (exact) mass is 283 g/mol. The van der Waals surface area contributed by atoms with Crippen LogP contribution in [0.25, 0.3) is 22.2 Å². The van der Waals surface area contributed by atoms with Gasteiger partial charge in [-0.25, -0.2) is 4.79 Å². The van der Waals surface area contributed by atoms with Crippen molar-refractivity contribution < 1.29 is 9.59 Å². The molecule has 1 aromatic carbocycles. The molecule has 0 spiro atoms. The molecule has 2 aromatic heterocycles. The fourth-order valence-electron chi connectivity index (χ4n) is 2.35. The number of rotatable bonds is 3. The Morgan fingerprint density at radius 3 is 2.57 bits per heavy atom. The van der Waals surface area contributed by atoms with Crippen LogP contribution in [0.5, 0.6) is 0 Å². The Kier molecular flexibility index (Phi) is 2.87. The van der Waals surface area contributed by atoms with Crippen molar-refractivity contribution in [2.75, 3.05) is 5.32 Å². The Labute approximate surface area is 119 Å². The Morgan fingerprint density at radius 1 is 1.14 bits per heavy atom. The number of carbonyl (C=O) groups excluding carboxylic acids is 2. The number of benzene rings is 1. The number of carbonyl (C=O) groups is 2. The van der Waals surface area contributed by atoms with Crippen LogP contribution in [0.15, 0.2) is 36.5 Å². The van der Waals surface area contributed by atoms with Crippen LogP contribution >= 0.6 is 0 Å². The molecule has 7 heteroatoms. The van der Waals surface area contributed by atoms with Gasteiger partial charge in [-0.1, -0.05) is 12.1 Å². The van der Waals surface area contributed by atoms with Gasteiger partial charge < -0.3 is 21.4 Å². The molecule has 0 saturated carbocycles. The molecule has 21 heavy (non-hydrogen) atoms. The molecule has 3 rings (SSSR count). The molecule has 0 aliphatic heterocycles. The minimum Gasteiger partial charge on any atom is -0.365 e. The van der Waals surface area contributed by atoms with Gasteiger partial charge in [-0.3, -0.25) is 10.1 Å². The normalized spacial score (nSPS) is 10.7. The van der Waals surface area contributed by atoms with Crippen LogP contribution in [-0.4, -0.2) is 21.9 Å². The number of nitrogens with one attached hydrogen (secondary N) is 3. The highest BCUT2D eigenvalue weighted by atomic mass is 16.2. The number of nitrogens with two attached hydrogens (primary N) is 2. The van der Waals surface area contributed by atoms with E-state index in [4.69, 9.17) is 11.5 Å². The summed E-state index contributed by atoms with van der Waals surface area (Å²) in [4.78, 5) is 28.7. The van der Waals surface area contributed by atoms with E-state index in [2.05, 4.69) is 15.3 Å². The highest BCUT2D eigenvalue weighted by molar-refractivity contribution is 6.13. The largest absolute Gasteiger partial charge is 0.365 e. The van der Waals surface area contributed by atoms with Gasteiger partial charge in [-0.15, -0.1) is 0 Å². The van der Waals surface area contributed by atoms with Crippen LogP contribution in [-0.2, 0) is 0 Å². The summed E-state index contributed by atoms with van der Waals surface area (Å²) in [6, 6.07) is 8.55. The number of hydrogen-bond acceptors (Lipinski definition) is 2. The van der Waals surface area contributed by atoms with Crippen molar-refractivity contribution in [3.63, 3.8) is 0 Å². The number of amides is 3. The minimum atomic E-state index is -0.770. The van der Waals surface area contributed by atoms with Crippen LogP contribution < -0.4 is 16.8 Å². The predicted octanol–water partition coefficient (Wildman–Crippen LogP) is 1.75. The van der Waals surface area contributed by atoms with Gasteiger partial charge in [0.15, 0.2) is 0 Å². The number of fused-ring (bicyclic) bond motifs is 1. The average molecular weight is 283 g/mol. The molecule has 0 fully saturated rings. The first-order valence-electron chi connectivity index (χ1n) is 6.22. The molecule has 0 unspecified atom stereocenters. The maximum Gasteiger partial charge on any atom is 0.317 e. The van der Waals surface area contributed by atoms with Gasteiger partial charge in [0.25, 0.3) is 5.91 Å². The Balaban J connectivity index is 2.18. The molecule has 0 saturated heterocycles. The van der Waals surface area contributed by atoms with Gasteiger partial charge in [-0.2, -0.15) is 0 Å². The van der Waals surface area contributed by atoms with Gasteiger partial charge in [0.1, 0.15) is 5.82 Å². The standard InChI is InChI=1S/C14H13N5O2/c15-12(20)11-8-4-3-7(9-2-1-5-17-9)6-10(8)18-13(11)19-14(16)21/h1-6,17-18H,(H2,15,20)(H3,16,19,21). The third kappa shape index (κ3) is 2.20. The van der Waals surface area contributed by atoms with Gasteiger partial charge in [0.2, 0.25) is 0 Å². The van der Waals surface area contributed by atoms with Crippen LogP contribution in [0, 0.1) is 0 Å². The molecule has 0 radical (unpaired) electrons. The second-order valence-electron chi connectivity index (χ2n) is 4.57. The Morgan fingerprint density at radius 2 is 1.95 bits per heavy atom. The summed E-state index contributed by atoms with van der Waals surface area (Å²) in [6.45, 7) is 0. The zero-order valence-electron chi connectivity index (χ0n) is 10.9. The number of urea groups is 1. The highest BCUT2D eigenvalue weighted by Crippen LogP contribution is 2.29. The minimum absolute atomic E-state index is 0.202. The lowest BCUT2D eigenvalue weighted by Gasteiger charge is -2.00. The number of aromatic amines is 2. The maximum atomic E-state index is 11.6. The van der Waals surface area contributed by atoms with Gasteiger partial charge in [0.05, 0.1) is 5.56 Å². The topological polar surface area (TPSA) is 130 Å². The summed E-state index contributed by atoms with van der Waals surface area (Å²) < 4.78 is 0. The van der Waals surface area contributed by atoms with Crippen molar-refractivity contribution in [2.45, 2.75) is 0 Å². The van der Waals surface area contributed by atoms with Gasteiger partial charge >= 0.3 is 6.03 Å². The van der Waals surface area contributed by atoms with E-state index in [9.17, 15) is 9.59 Å². The molecular formula is C14H13N5O2. The smallest absolute Gasteiger partial charge is 0.317 e. The fraction of sp³-hybridized carbons (Fsp3) is 0. The van der Waals surface area contributed by atoms with E-state index in [1.807, 2.05) is 30.5 Å². The molecule has 0 aliphatic rings. The first-order chi connectivity index (χ1) is 10.1. The third-order valence-corrected chi connectivity index (χ3v) is 3.20. The van der Waals surface area contributed by atoms with Crippen LogP contribution in [0.2, 0.25) is 0 Å². The third-order valence-electron chi connectivity index (χ3n) is 3.20. The number of hydrogen-bond donors (Lipinski definition) is 5. The zero-order valence-corrected chi connectivity index (χ0v) is 10.9. The maximum absolute atomic E-state index is 11.6. The average Bonchev–Trinajstić information content (AvgIpc) is 3.03. The lowest BCUT2D eigenvalue weighted by molar-refractivity contribution is 0.100. The van der Waals surface area contributed by atoms with E-state index in [0.29, 0.717) is 10.9 Å². The molecule has 106 valence electrons. The Hall–Kier alpha value is -3.22. The molecule has 3 aromatic rings. The van der Waals surface area contributed by atoms with Crippen molar-refractivity contribution in [1.82, 2.24) is 9.97 Å². The van der Waals surface area contributed by atoms with Crippen LogP contribution in [0.4, 0.5) is 10.6 Å². The summed E-state index contributed by atoms with van der Waals surface area (Å²) in [6.07, 6.45) is 1.82. The number of primary amides is 2. The first-order valence-corrected chi connectivity index (χ1v) is 6.22. The fourth-order valence-corrected chi connectivity index (χ4v) is 2.35. The highest BCUT2D eigenvalue weighted by Gasteiger charge is 2.17. The lowest BCUT2D eigenvalue weighted by Crippen LogP contribution is -2.22. The summed E-state index contributed by atoms with van der Waals surface area (Å²) >= 11 is 0. The van der Waals surface area contributed by atoms with Crippen molar-refractivity contribution in [1.29, 1.82) is 0 Å². The Bertz CT molecular complexity index is 833. The lowest BCUT2D eigenvalue weighted by atomic mass is 10.1. The van der Waals surface area contributed by atoms with Gasteiger partial charge in [-0.05, 0) is 18.2 Å². The van der Waals surface area contributed by atoms with E-state index in [1.54, 1.807) is 6.07 Å².